The zero-order valence-corrected chi connectivity index (χ0v) is 25.0. The minimum atomic E-state index is -0.950. The molecule has 6 rings (SSSR count). The van der Waals surface area contributed by atoms with Crippen molar-refractivity contribution in [2.45, 2.75) is 26.5 Å². The Kier molecular flexibility index (Phi) is 8.29. The molecular weight excluding hydrogens is 576 g/mol. The number of rotatable bonds is 10. The number of fused-ring (bicyclic) bond motifs is 1. The highest BCUT2D eigenvalue weighted by Gasteiger charge is 2.48. The Hall–Kier alpha value is -5.15. The molecular formula is C35H30N2O6S. The van der Waals surface area contributed by atoms with Gasteiger partial charge >= 0.3 is 5.91 Å². The summed E-state index contributed by atoms with van der Waals surface area (Å²) >= 11 is 1.28. The van der Waals surface area contributed by atoms with Crippen LogP contribution in [0.4, 0.5) is 5.13 Å². The van der Waals surface area contributed by atoms with Crippen molar-refractivity contribution < 1.29 is 28.9 Å². The van der Waals surface area contributed by atoms with E-state index in [-0.39, 0.29) is 11.3 Å². The highest BCUT2D eigenvalue weighted by molar-refractivity contribution is 7.22. The number of ether oxygens (including phenoxy) is 3. The molecule has 222 valence electrons. The quantitative estimate of drug-likeness (QED) is 0.101. The Morgan fingerprint density at radius 1 is 0.818 bits per heavy atom. The molecule has 1 aliphatic rings. The highest BCUT2D eigenvalue weighted by Crippen LogP contribution is 2.45. The zero-order valence-electron chi connectivity index (χ0n) is 24.2. The number of aliphatic hydroxyl groups excluding tert-OH is 1. The van der Waals surface area contributed by atoms with Crippen molar-refractivity contribution in [1.82, 2.24) is 4.98 Å². The van der Waals surface area contributed by atoms with Gasteiger partial charge in [-0.25, -0.2) is 4.98 Å². The number of hydrogen-bond acceptors (Lipinski definition) is 8. The first-order valence-electron chi connectivity index (χ1n) is 14.3. The summed E-state index contributed by atoms with van der Waals surface area (Å²) in [5.74, 6) is 0.0177. The van der Waals surface area contributed by atoms with Crippen molar-refractivity contribution in [2.75, 3.05) is 18.1 Å². The number of aliphatic hydroxyl groups is 1. The maximum atomic E-state index is 13.7. The highest BCUT2D eigenvalue weighted by atomic mass is 32.1. The van der Waals surface area contributed by atoms with Crippen LogP contribution in [0.2, 0.25) is 0 Å². The van der Waals surface area contributed by atoms with Crippen LogP contribution in [0.1, 0.15) is 36.6 Å². The zero-order chi connectivity index (χ0) is 30.6. The Labute approximate surface area is 258 Å². The van der Waals surface area contributed by atoms with Gasteiger partial charge in [-0.2, -0.15) is 0 Å². The third-order valence-corrected chi connectivity index (χ3v) is 8.19. The average Bonchev–Trinajstić information content (AvgIpc) is 3.58. The lowest BCUT2D eigenvalue weighted by Gasteiger charge is -2.23. The Balaban J connectivity index is 1.45. The van der Waals surface area contributed by atoms with Crippen molar-refractivity contribution in [1.29, 1.82) is 0 Å². The van der Waals surface area contributed by atoms with Gasteiger partial charge in [0, 0.05) is 5.56 Å². The van der Waals surface area contributed by atoms with E-state index in [0.717, 1.165) is 10.3 Å². The smallest absolute Gasteiger partial charge is 0.301 e. The van der Waals surface area contributed by atoms with Crippen LogP contribution >= 0.6 is 11.3 Å². The molecule has 1 saturated heterocycles. The summed E-state index contributed by atoms with van der Waals surface area (Å²) in [7, 11) is 0. The van der Waals surface area contributed by atoms with E-state index >= 15 is 0 Å². The molecule has 0 spiro atoms. The number of carbonyl (C=O) groups excluding carboxylic acids is 2. The molecule has 9 heteroatoms. The number of carbonyl (C=O) groups is 2. The van der Waals surface area contributed by atoms with E-state index in [1.54, 1.807) is 36.4 Å². The van der Waals surface area contributed by atoms with Crippen LogP contribution in [0.3, 0.4) is 0 Å². The van der Waals surface area contributed by atoms with Gasteiger partial charge in [0.05, 0.1) is 35.0 Å². The molecule has 1 amide bonds. The van der Waals surface area contributed by atoms with Crippen LogP contribution in [0.5, 0.6) is 17.2 Å². The van der Waals surface area contributed by atoms with E-state index in [1.165, 1.54) is 16.2 Å². The predicted octanol–water partition coefficient (Wildman–Crippen LogP) is 7.30. The lowest BCUT2D eigenvalue weighted by molar-refractivity contribution is -0.132. The fraction of sp³-hybridized carbons (Fsp3) is 0.171. The fourth-order valence-corrected chi connectivity index (χ4v) is 6.16. The maximum Gasteiger partial charge on any atom is 0.301 e. The molecule has 4 aromatic carbocycles. The molecule has 0 aliphatic carbocycles. The first-order chi connectivity index (χ1) is 21.5. The minimum Gasteiger partial charge on any atom is -0.507 e. The molecule has 1 N–H and O–H groups in total. The van der Waals surface area contributed by atoms with Gasteiger partial charge in [0.25, 0.3) is 5.78 Å². The van der Waals surface area contributed by atoms with Gasteiger partial charge in [0.2, 0.25) is 0 Å². The molecule has 44 heavy (non-hydrogen) atoms. The molecule has 1 atom stereocenters. The third kappa shape index (κ3) is 5.74. The van der Waals surface area contributed by atoms with Crippen molar-refractivity contribution in [2.24, 2.45) is 0 Å². The van der Waals surface area contributed by atoms with Crippen LogP contribution in [0.25, 0.3) is 16.0 Å². The number of Topliss-reactive ketones (excluding diaryl/α,β-unsaturated/α-hetero) is 1. The first-order valence-corrected chi connectivity index (χ1v) is 15.1. The largest absolute Gasteiger partial charge is 0.507 e. The summed E-state index contributed by atoms with van der Waals surface area (Å²) in [6, 6.07) is 28.3. The molecule has 1 fully saturated rings. The topological polar surface area (TPSA) is 98.2 Å². The van der Waals surface area contributed by atoms with Crippen LogP contribution < -0.4 is 19.1 Å². The second kappa shape index (κ2) is 12.6. The normalized spacial score (nSPS) is 16.0. The lowest BCUT2D eigenvalue weighted by Crippen LogP contribution is -2.29. The SMILES string of the molecule is CCOc1ccc(C(O)=C2C(=O)C(=O)N(c3nc4ccc(OCC)cc4s3)C2c2cccc(OCc3ccccc3)c2)cc1. The van der Waals surface area contributed by atoms with Gasteiger partial charge in [0.1, 0.15) is 29.6 Å². The number of aromatic nitrogens is 1. The van der Waals surface area contributed by atoms with Crippen molar-refractivity contribution in [3.05, 3.63) is 119 Å². The summed E-state index contributed by atoms with van der Waals surface area (Å²) in [5, 5.41) is 11.9. The molecule has 2 heterocycles. The number of nitrogens with zero attached hydrogens (tertiary/aromatic N) is 2. The number of anilines is 1. The fourth-order valence-electron chi connectivity index (χ4n) is 5.14. The van der Waals surface area contributed by atoms with Gasteiger partial charge in [-0.15, -0.1) is 0 Å². The summed E-state index contributed by atoms with van der Waals surface area (Å²) in [6.07, 6.45) is 0. The first kappa shape index (κ1) is 28.9. The van der Waals surface area contributed by atoms with E-state index in [1.807, 2.05) is 74.5 Å². The van der Waals surface area contributed by atoms with Gasteiger partial charge in [0.15, 0.2) is 5.13 Å². The summed E-state index contributed by atoms with van der Waals surface area (Å²) in [4.78, 5) is 33.5. The number of amides is 1. The number of thiazole rings is 1. The van der Waals surface area contributed by atoms with Crippen LogP contribution in [-0.2, 0) is 16.2 Å². The van der Waals surface area contributed by atoms with E-state index in [9.17, 15) is 14.7 Å². The van der Waals surface area contributed by atoms with Gasteiger partial charge in [-0.05, 0) is 79.6 Å². The number of hydrogen-bond donors (Lipinski definition) is 1. The number of benzene rings is 4. The Morgan fingerprint density at radius 2 is 1.52 bits per heavy atom. The Bertz CT molecular complexity index is 1850. The van der Waals surface area contributed by atoms with E-state index in [4.69, 9.17) is 19.2 Å². The third-order valence-electron chi connectivity index (χ3n) is 7.17. The van der Waals surface area contributed by atoms with E-state index in [2.05, 4.69) is 0 Å². The minimum absolute atomic E-state index is 0.0337. The molecule has 0 radical (unpaired) electrons. The van der Waals surface area contributed by atoms with Gasteiger partial charge in [-0.3, -0.25) is 14.5 Å². The molecule has 8 nitrogen and oxygen atoms in total. The van der Waals surface area contributed by atoms with Crippen LogP contribution in [0, 0.1) is 0 Å². The maximum absolute atomic E-state index is 13.7. The molecule has 1 aliphatic heterocycles. The van der Waals surface area contributed by atoms with Crippen molar-refractivity contribution in [3.8, 4) is 17.2 Å². The average molecular weight is 607 g/mol. The van der Waals surface area contributed by atoms with Crippen LogP contribution in [0.15, 0.2) is 103 Å². The monoisotopic (exact) mass is 606 g/mol. The lowest BCUT2D eigenvalue weighted by atomic mass is 9.95. The summed E-state index contributed by atoms with van der Waals surface area (Å²) < 4.78 is 18.1. The van der Waals surface area contributed by atoms with Crippen molar-refractivity contribution >= 4 is 44.1 Å². The van der Waals surface area contributed by atoms with Gasteiger partial charge < -0.3 is 19.3 Å². The molecule has 0 bridgehead atoms. The second-order valence-electron chi connectivity index (χ2n) is 10.0. The molecule has 5 aromatic rings. The molecule has 0 saturated carbocycles. The molecule has 1 unspecified atom stereocenters. The predicted molar refractivity (Wildman–Crippen MR) is 170 cm³/mol. The standard InChI is InChI=1S/C35H30N2O6S/c1-3-41-25-15-13-23(14-16-25)32(38)30-31(24-11-8-12-26(19-24)43-21-22-9-6-5-7-10-22)37(34(40)33(30)39)35-36-28-18-17-27(42-4-2)20-29(28)44-35/h5-20,31,38H,3-4,21H2,1-2H3. The van der Waals surface area contributed by atoms with Crippen LogP contribution in [-0.4, -0.2) is 35.0 Å². The van der Waals surface area contributed by atoms with Crippen molar-refractivity contribution in [3.63, 3.8) is 0 Å². The second-order valence-corrected chi connectivity index (χ2v) is 11.0. The molecule has 1 aromatic heterocycles. The van der Waals surface area contributed by atoms with E-state index in [0.29, 0.717) is 58.8 Å². The van der Waals surface area contributed by atoms with E-state index < -0.39 is 17.7 Å². The number of ketones is 1. The summed E-state index contributed by atoms with van der Waals surface area (Å²) in [6.45, 7) is 5.14. The van der Waals surface area contributed by atoms with Gasteiger partial charge in [-0.1, -0.05) is 53.8 Å². The summed E-state index contributed by atoms with van der Waals surface area (Å²) in [5.41, 5.74) is 2.62. The Morgan fingerprint density at radius 3 is 2.27 bits per heavy atom.